The van der Waals surface area contributed by atoms with E-state index in [4.69, 9.17) is 15.0 Å². The van der Waals surface area contributed by atoms with E-state index in [1.807, 2.05) is 84.2 Å². The van der Waals surface area contributed by atoms with Gasteiger partial charge in [-0.3, -0.25) is 19.2 Å². The van der Waals surface area contributed by atoms with Crippen LogP contribution in [0.3, 0.4) is 0 Å². The van der Waals surface area contributed by atoms with Crippen LogP contribution in [0.15, 0.2) is 79.3 Å². The number of hydrogen-bond acceptors (Lipinski definition) is 27. The molecule has 3 aromatic carbocycles. The van der Waals surface area contributed by atoms with Gasteiger partial charge in [0.25, 0.3) is 23.6 Å². The summed E-state index contributed by atoms with van der Waals surface area (Å²) in [7, 11) is -1.57. The van der Waals surface area contributed by atoms with Crippen molar-refractivity contribution in [2.75, 3.05) is 160 Å². The molecule has 540 valence electrons. The van der Waals surface area contributed by atoms with Crippen molar-refractivity contribution in [2.24, 2.45) is 0 Å². The number of aryl methyl sites for hydroxylation is 5. The first kappa shape index (κ1) is 72.7. The minimum absolute atomic E-state index is 0.109. The number of amides is 4. The monoisotopic (exact) mass is 1470 g/mol. The van der Waals surface area contributed by atoms with Crippen molar-refractivity contribution >= 4 is 163 Å². The summed E-state index contributed by atoms with van der Waals surface area (Å²) >= 11 is 4.49. The molecule has 2 fully saturated rings. The van der Waals surface area contributed by atoms with Crippen LogP contribution in [0.25, 0.3) is 0 Å². The molecule has 0 radical (unpaired) electrons. The zero-order valence-electron chi connectivity index (χ0n) is 60.0. The molecule has 0 saturated carbocycles. The van der Waals surface area contributed by atoms with E-state index >= 15 is 0 Å². The summed E-state index contributed by atoms with van der Waals surface area (Å²) in [5, 5.41) is 20.9. The van der Waals surface area contributed by atoms with Gasteiger partial charge in [0, 0.05) is 133 Å². The van der Waals surface area contributed by atoms with Gasteiger partial charge in [0.1, 0.15) is 32.1 Å². The summed E-state index contributed by atoms with van der Waals surface area (Å²) < 4.78 is 25.2. The molecule has 14 rings (SSSR count). The number of carbonyl (C=O) groups is 4. The lowest BCUT2D eigenvalue weighted by Crippen LogP contribution is -2.48. The number of hydrogen-bond donors (Lipinski definition) is 5. The highest BCUT2D eigenvalue weighted by Gasteiger charge is 2.38. The summed E-state index contributed by atoms with van der Waals surface area (Å²) in [5.41, 5.74) is 11.0. The third-order valence-electron chi connectivity index (χ3n) is 18.1. The van der Waals surface area contributed by atoms with Crippen molar-refractivity contribution in [3.05, 3.63) is 128 Å². The fourth-order valence-electron chi connectivity index (χ4n) is 12.9. The van der Waals surface area contributed by atoms with Gasteiger partial charge in [-0.05, 0) is 148 Å². The maximum Gasteiger partial charge on any atom is 0.280 e. The van der Waals surface area contributed by atoms with Gasteiger partial charge >= 0.3 is 0 Å². The van der Waals surface area contributed by atoms with Crippen LogP contribution in [0, 0.1) is 34.6 Å². The second kappa shape index (κ2) is 30.9. The molecule has 29 nitrogen and oxygen atoms in total. The smallest absolute Gasteiger partial charge is 0.280 e. The van der Waals surface area contributed by atoms with Gasteiger partial charge in [0.2, 0.25) is 27.9 Å². The van der Waals surface area contributed by atoms with E-state index in [1.165, 1.54) is 50.3 Å². The highest BCUT2D eigenvalue weighted by Crippen LogP contribution is 2.46. The van der Waals surface area contributed by atoms with Crippen LogP contribution in [0.2, 0.25) is 0 Å². The van der Waals surface area contributed by atoms with Crippen LogP contribution >= 0.6 is 34.0 Å². The molecule has 6 aromatic heterocycles. The van der Waals surface area contributed by atoms with Crippen LogP contribution in [0.5, 0.6) is 0 Å². The number of carbonyl (C=O) groups excluding carboxylic acids is 4. The van der Waals surface area contributed by atoms with E-state index in [-0.39, 0.29) is 23.6 Å². The Kier molecular flexibility index (Phi) is 21.8. The molecule has 103 heavy (non-hydrogen) atoms. The molecule has 0 unspecified atom stereocenters. The Morgan fingerprint density at radius 1 is 0.476 bits per heavy atom. The van der Waals surface area contributed by atoms with Crippen molar-refractivity contribution in [2.45, 2.75) is 76.2 Å². The maximum atomic E-state index is 13.3. The van der Waals surface area contributed by atoms with Gasteiger partial charge in [0.15, 0.2) is 34.5 Å². The van der Waals surface area contributed by atoms with Gasteiger partial charge in [-0.1, -0.05) is 0 Å². The van der Waals surface area contributed by atoms with Crippen LogP contribution in [-0.4, -0.2) is 186 Å². The van der Waals surface area contributed by atoms with Crippen LogP contribution in [0.1, 0.15) is 110 Å². The number of sulfonamides is 1. The Bertz CT molecular complexity index is 4780. The van der Waals surface area contributed by atoms with Gasteiger partial charge in [-0.15, -0.1) is 34.0 Å². The SMILES string of the molecule is CCN1C(=O)c2nc(C)sc2N(CC)c2nc(Nc3ccc(C(=O)NC)cc3)ncc21.CCN1C(=O)c2nc(C)sc2N(CC)c2nc(Nc3ccc(N4CCN(S(C)(=O)=O)CC4)cc3C)ncc21.CCN1C(=O)c2nc(C)sc2N(CC)c2nc(Nc3ccc(N4CCNCC4)cc3C)ncc21. The van der Waals surface area contributed by atoms with E-state index in [0.717, 1.165) is 90.1 Å². The summed E-state index contributed by atoms with van der Waals surface area (Å²) in [4.78, 5) is 109. The van der Waals surface area contributed by atoms with Crippen molar-refractivity contribution < 1.29 is 27.6 Å². The number of nitrogens with zero attached hydrogens (tertiary/aromatic N) is 18. The van der Waals surface area contributed by atoms with E-state index in [2.05, 4.69) is 109 Å². The zero-order chi connectivity index (χ0) is 73.1. The Labute approximate surface area is 611 Å². The third-order valence-corrected chi connectivity index (χ3v) is 22.4. The van der Waals surface area contributed by atoms with Crippen LogP contribution < -0.4 is 65.8 Å². The Hall–Kier alpha value is -10.1. The summed E-state index contributed by atoms with van der Waals surface area (Å²) in [6, 6.07) is 19.6. The molecule has 4 amide bonds. The van der Waals surface area contributed by atoms with Gasteiger partial charge in [-0.25, -0.2) is 38.3 Å². The average molecular weight is 1470 g/mol. The number of fused-ring (bicyclic) bond motifs is 6. The molecule has 0 aliphatic carbocycles. The van der Waals surface area contributed by atoms with E-state index in [1.54, 1.807) is 64.6 Å². The number of piperazine rings is 2. The number of thiazole rings is 3. The van der Waals surface area contributed by atoms with Crippen LogP contribution in [0.4, 0.5) is 95.8 Å². The minimum Gasteiger partial charge on any atom is -0.369 e. The highest BCUT2D eigenvalue weighted by atomic mass is 32.2. The lowest BCUT2D eigenvalue weighted by molar-refractivity contribution is 0.0958. The summed E-state index contributed by atoms with van der Waals surface area (Å²) in [5.74, 6) is 2.84. The molecule has 5 aliphatic rings. The second-order valence-electron chi connectivity index (χ2n) is 24.7. The molecule has 5 aliphatic heterocycles. The Balaban J connectivity index is 0.000000146. The highest BCUT2D eigenvalue weighted by molar-refractivity contribution is 7.88. The number of nitrogens with one attached hydrogen (secondary N) is 5. The fourth-order valence-corrected chi connectivity index (χ4v) is 16.6. The average Bonchev–Trinajstić information content (AvgIpc) is 1.63. The second-order valence-corrected chi connectivity index (χ2v) is 30.2. The normalized spacial score (nSPS) is 15.1. The van der Waals surface area contributed by atoms with E-state index in [0.29, 0.717) is 140 Å². The zero-order valence-corrected chi connectivity index (χ0v) is 63.3. The number of benzene rings is 3. The first-order chi connectivity index (χ1) is 49.6. The van der Waals surface area contributed by atoms with Gasteiger partial charge < -0.3 is 65.8 Å². The Morgan fingerprint density at radius 2 is 0.835 bits per heavy atom. The molecular weight excluding hydrogens is 1390 g/mol. The molecule has 0 bridgehead atoms. The van der Waals surface area contributed by atoms with Gasteiger partial charge in [-0.2, -0.15) is 19.3 Å². The van der Waals surface area contributed by atoms with E-state index < -0.39 is 10.0 Å². The van der Waals surface area contributed by atoms with Crippen molar-refractivity contribution in [3.8, 4) is 0 Å². The third kappa shape index (κ3) is 15.0. The quantitative estimate of drug-likeness (QED) is 0.0600. The maximum absolute atomic E-state index is 13.3. The van der Waals surface area contributed by atoms with E-state index in [9.17, 15) is 27.6 Å². The minimum atomic E-state index is -3.16. The van der Waals surface area contributed by atoms with Crippen molar-refractivity contribution in [1.29, 1.82) is 0 Å². The number of rotatable bonds is 16. The van der Waals surface area contributed by atoms with Crippen molar-refractivity contribution in [3.63, 3.8) is 0 Å². The fraction of sp³-hybridized carbons (Fsp3) is 0.386. The number of anilines is 17. The topological polar surface area (TPSA) is 308 Å². The predicted molar refractivity (Wildman–Crippen MR) is 412 cm³/mol. The first-order valence-corrected chi connectivity index (χ1v) is 38.7. The molecule has 0 atom stereocenters. The van der Waals surface area contributed by atoms with Crippen LogP contribution in [-0.2, 0) is 10.0 Å². The summed E-state index contributed by atoms with van der Waals surface area (Å²) in [6.45, 7) is 31.4. The standard InChI is InChI=1S/C25H32N8O3S2.C24H30N8OS.C21H23N7O2S/c1-6-32-20-15-26-25(29-22(20)33(7-2)24-21(23(32)34)27-17(4)37-24)28-19-9-8-18(14-16(19)3)30-10-12-31(13-11-30)38(5,35)36;1-5-31-19-14-26-24(28-18-8-7-17(13-15(18)3)30-11-9-25-10-12-30)29-21(19)32(6-2)23-20(22(31)33)27-16(4)34-23;1-5-27-15-11-23-21(25-14-9-7-13(8-10-14)18(29)22-4)26-17(15)28(6-2)20-16(19(27)30)24-12(3)31-20/h8-9,14-15H,6-7,10-13H2,1-5H3,(H,26,28,29);7-8,13-14,25H,5-6,9-12H2,1-4H3,(H,26,28,29);7-11H,5-6H2,1-4H3,(H,22,29)(H,23,25,26). The molecule has 0 spiro atoms. The molecule has 33 heteroatoms. The molecule has 2 saturated heterocycles. The van der Waals surface area contributed by atoms with Gasteiger partial charge in [0.05, 0.1) is 39.9 Å². The van der Waals surface area contributed by atoms with Crippen molar-refractivity contribution in [1.82, 2.24) is 59.8 Å². The Morgan fingerprint density at radius 3 is 1.17 bits per heavy atom. The lowest BCUT2D eigenvalue weighted by Gasteiger charge is -2.35. The predicted octanol–water partition coefficient (Wildman–Crippen LogP) is 10.8. The molecule has 5 N–H and O–H groups in total. The first-order valence-electron chi connectivity index (χ1n) is 34.4. The number of aromatic nitrogens is 9. The molecule has 11 heterocycles. The largest absolute Gasteiger partial charge is 0.369 e. The summed E-state index contributed by atoms with van der Waals surface area (Å²) in [6.07, 6.45) is 6.36. The lowest BCUT2D eigenvalue weighted by atomic mass is 10.1. The molecule has 9 aromatic rings. The molecular formula is C70H85N23O6S4.